The van der Waals surface area contributed by atoms with Gasteiger partial charge in [0.25, 0.3) is 5.91 Å². The quantitative estimate of drug-likeness (QED) is 0.261. The van der Waals surface area contributed by atoms with E-state index in [4.69, 9.17) is 24.1 Å². The number of aliphatic hydroxyl groups is 1. The second kappa shape index (κ2) is 18.8. The second-order valence-corrected chi connectivity index (χ2v) is 14.6. The zero-order chi connectivity index (χ0) is 38.9. The van der Waals surface area contributed by atoms with Gasteiger partial charge in [0.15, 0.2) is 11.6 Å². The van der Waals surface area contributed by atoms with E-state index in [2.05, 4.69) is 5.32 Å². The van der Waals surface area contributed by atoms with E-state index in [0.717, 1.165) is 38.2 Å². The van der Waals surface area contributed by atoms with Gasteiger partial charge in [0.05, 0.1) is 38.6 Å². The lowest BCUT2D eigenvalue weighted by Crippen LogP contribution is -2.59. The molecule has 4 amide bonds. The Bertz CT molecular complexity index is 1580. The van der Waals surface area contributed by atoms with Crippen LogP contribution in [0.4, 0.5) is 13.6 Å². The molecule has 2 heterocycles. The molecule has 1 aromatic heterocycles. The normalized spacial score (nSPS) is 16.7. The molecular formula is C37H55F2N5O9. The van der Waals surface area contributed by atoms with Crippen LogP contribution in [0, 0.1) is 17.6 Å². The number of carbonyl (C=O) groups excluding carboxylic acids is 4. The molecule has 14 nitrogen and oxygen atoms in total. The fourth-order valence-electron chi connectivity index (χ4n) is 6.60. The molecule has 2 aliphatic rings. The zero-order valence-electron chi connectivity index (χ0n) is 31.8. The number of fused-ring (bicyclic) bond motifs is 1. The van der Waals surface area contributed by atoms with E-state index < -0.39 is 41.3 Å². The second-order valence-electron chi connectivity index (χ2n) is 14.6. The molecule has 4 rings (SSSR count). The number of nitrogens with zero attached hydrogens (tertiary/aromatic N) is 4. The van der Waals surface area contributed by atoms with Crippen LogP contribution in [0.2, 0.25) is 0 Å². The number of ether oxygens (including phenoxy) is 4. The molecule has 0 spiro atoms. The van der Waals surface area contributed by atoms with Gasteiger partial charge in [0, 0.05) is 51.7 Å². The number of amides is 4. The summed E-state index contributed by atoms with van der Waals surface area (Å²) in [5, 5.41) is 11.9. The van der Waals surface area contributed by atoms with Crippen molar-refractivity contribution >= 4 is 34.7 Å². The van der Waals surface area contributed by atoms with Gasteiger partial charge < -0.3 is 43.7 Å². The Morgan fingerprint density at radius 1 is 0.943 bits per heavy atom. The smallest absolute Gasteiger partial charge is 0.410 e. The van der Waals surface area contributed by atoms with Gasteiger partial charge in [-0.15, -0.1) is 0 Å². The molecule has 0 radical (unpaired) electrons. The number of likely N-dealkylation sites (N-methyl/N-ethyl adjacent to an activating group) is 1. The SMILES string of the molecule is CC(C(=O)NC(C(=O)N1CCN(C(=O)c2cc3c(OCCOCCOCCO)c(F)c(F)cc3n2C)CC1)C1CCCCC1)N(C)C(=O)OC(C)(C)C. The Labute approximate surface area is 309 Å². The van der Waals surface area contributed by atoms with Crippen molar-refractivity contribution in [3.8, 4) is 5.75 Å². The topological polar surface area (TPSA) is 152 Å². The number of hydrogen-bond donors (Lipinski definition) is 2. The van der Waals surface area contributed by atoms with E-state index in [9.17, 15) is 28.0 Å². The van der Waals surface area contributed by atoms with Crippen molar-refractivity contribution in [3.05, 3.63) is 29.5 Å². The van der Waals surface area contributed by atoms with Crippen LogP contribution in [0.1, 0.15) is 70.3 Å². The van der Waals surface area contributed by atoms with Crippen molar-refractivity contribution in [2.75, 3.05) is 72.9 Å². The monoisotopic (exact) mass is 751 g/mol. The third kappa shape index (κ3) is 10.8. The standard InChI is InChI=1S/C37H55F2N5O9/c1-24(41(5)36(49)53-37(2,3)4)33(46)40-31(25-10-8-7-9-11-25)35(48)44-14-12-43(13-15-44)34(47)29-22-26-28(42(29)6)23-27(38)30(39)32(26)52-21-20-51-19-18-50-17-16-45/h22-25,31,45H,7-21H2,1-6H3,(H,40,46). The molecule has 2 N–H and O–H groups in total. The predicted molar refractivity (Wildman–Crippen MR) is 192 cm³/mol. The molecule has 2 unspecified atom stereocenters. The highest BCUT2D eigenvalue weighted by atomic mass is 19.2. The summed E-state index contributed by atoms with van der Waals surface area (Å²) in [6.45, 7) is 8.26. The maximum atomic E-state index is 14.9. The van der Waals surface area contributed by atoms with E-state index >= 15 is 0 Å². The molecular weight excluding hydrogens is 696 g/mol. The van der Waals surface area contributed by atoms with Crippen LogP contribution < -0.4 is 10.1 Å². The van der Waals surface area contributed by atoms with Gasteiger partial charge in [-0.2, -0.15) is 4.39 Å². The molecule has 2 fully saturated rings. The minimum absolute atomic E-state index is 0.0654. The first-order valence-electron chi connectivity index (χ1n) is 18.3. The number of nitrogens with one attached hydrogen (secondary N) is 1. The number of rotatable bonds is 15. The Kier molecular flexibility index (Phi) is 14.8. The summed E-state index contributed by atoms with van der Waals surface area (Å²) in [5.41, 5.74) is -0.268. The molecule has 2 aromatic rings. The molecule has 1 saturated heterocycles. The van der Waals surface area contributed by atoms with Crippen LogP contribution in [-0.4, -0.2) is 139 Å². The lowest BCUT2D eigenvalue weighted by molar-refractivity contribution is -0.140. The fourth-order valence-corrected chi connectivity index (χ4v) is 6.60. The molecule has 1 saturated carbocycles. The first-order chi connectivity index (χ1) is 25.1. The molecule has 16 heteroatoms. The van der Waals surface area contributed by atoms with Gasteiger partial charge >= 0.3 is 6.09 Å². The molecule has 2 atom stereocenters. The highest BCUT2D eigenvalue weighted by molar-refractivity contribution is 6.00. The summed E-state index contributed by atoms with van der Waals surface area (Å²) in [5.74, 6) is -3.75. The van der Waals surface area contributed by atoms with E-state index in [1.54, 1.807) is 44.5 Å². The summed E-state index contributed by atoms with van der Waals surface area (Å²) < 4.78 is 52.6. The third-order valence-electron chi connectivity index (χ3n) is 9.70. The van der Waals surface area contributed by atoms with E-state index in [0.29, 0.717) is 0 Å². The number of hydrogen-bond acceptors (Lipinski definition) is 9. The molecule has 296 valence electrons. The van der Waals surface area contributed by atoms with Crippen LogP contribution in [0.15, 0.2) is 12.1 Å². The summed E-state index contributed by atoms with van der Waals surface area (Å²) in [4.78, 5) is 58.4. The van der Waals surface area contributed by atoms with Crippen molar-refractivity contribution in [2.24, 2.45) is 13.0 Å². The number of benzene rings is 1. The van der Waals surface area contributed by atoms with Gasteiger partial charge in [-0.3, -0.25) is 19.3 Å². The number of aryl methyl sites for hydroxylation is 1. The fraction of sp³-hybridized carbons (Fsp3) is 0.676. The van der Waals surface area contributed by atoms with Gasteiger partial charge in [-0.25, -0.2) is 9.18 Å². The van der Waals surface area contributed by atoms with E-state index in [1.807, 2.05) is 0 Å². The van der Waals surface area contributed by atoms with Gasteiger partial charge in [0.1, 0.15) is 30.0 Å². The van der Waals surface area contributed by atoms with Crippen LogP contribution in [-0.2, 0) is 30.8 Å². The number of aromatic nitrogens is 1. The number of carbonyl (C=O) groups is 4. The Balaban J connectivity index is 1.41. The van der Waals surface area contributed by atoms with Gasteiger partial charge in [-0.1, -0.05) is 19.3 Å². The van der Waals surface area contributed by atoms with Crippen LogP contribution in [0.5, 0.6) is 5.75 Å². The van der Waals surface area contributed by atoms with Crippen molar-refractivity contribution in [1.82, 2.24) is 24.6 Å². The predicted octanol–water partition coefficient (Wildman–Crippen LogP) is 3.47. The van der Waals surface area contributed by atoms with Gasteiger partial charge in [-0.05, 0) is 52.5 Å². The molecule has 0 bridgehead atoms. The van der Waals surface area contributed by atoms with Crippen LogP contribution in [0.3, 0.4) is 0 Å². The van der Waals surface area contributed by atoms with E-state index in [1.165, 1.54) is 22.6 Å². The average molecular weight is 752 g/mol. The van der Waals surface area contributed by atoms with Crippen molar-refractivity contribution < 1.29 is 52.0 Å². The molecule has 53 heavy (non-hydrogen) atoms. The first-order valence-corrected chi connectivity index (χ1v) is 18.3. The molecule has 1 aliphatic heterocycles. The summed E-state index contributed by atoms with van der Waals surface area (Å²) in [7, 11) is 3.07. The minimum atomic E-state index is -1.18. The van der Waals surface area contributed by atoms with Crippen molar-refractivity contribution in [1.29, 1.82) is 0 Å². The highest BCUT2D eigenvalue weighted by Gasteiger charge is 2.38. The molecule has 1 aliphatic carbocycles. The van der Waals surface area contributed by atoms with Crippen LogP contribution >= 0.6 is 0 Å². The minimum Gasteiger partial charge on any atom is -0.487 e. The van der Waals surface area contributed by atoms with Crippen molar-refractivity contribution in [3.63, 3.8) is 0 Å². The largest absolute Gasteiger partial charge is 0.487 e. The summed E-state index contributed by atoms with van der Waals surface area (Å²) >= 11 is 0. The Hall–Kier alpha value is -4.02. The lowest BCUT2D eigenvalue weighted by atomic mass is 9.83. The maximum Gasteiger partial charge on any atom is 0.410 e. The average Bonchev–Trinajstić information content (AvgIpc) is 3.46. The maximum absolute atomic E-state index is 14.9. The van der Waals surface area contributed by atoms with Crippen LogP contribution in [0.25, 0.3) is 10.9 Å². The number of piperazine rings is 1. The summed E-state index contributed by atoms with van der Waals surface area (Å²) in [6.07, 6.45) is 3.87. The Morgan fingerprint density at radius 3 is 2.17 bits per heavy atom. The lowest BCUT2D eigenvalue weighted by Gasteiger charge is -2.39. The summed E-state index contributed by atoms with van der Waals surface area (Å²) in [6, 6.07) is 0.820. The number of aliphatic hydroxyl groups excluding tert-OH is 1. The Morgan fingerprint density at radius 2 is 1.55 bits per heavy atom. The van der Waals surface area contributed by atoms with E-state index in [-0.39, 0.29) is 106 Å². The third-order valence-corrected chi connectivity index (χ3v) is 9.70. The molecule has 1 aromatic carbocycles. The van der Waals surface area contributed by atoms with Crippen molar-refractivity contribution in [2.45, 2.75) is 77.5 Å². The highest BCUT2D eigenvalue weighted by Crippen LogP contribution is 2.34. The zero-order valence-corrected chi connectivity index (χ0v) is 31.8. The first kappa shape index (κ1) is 41.7. The number of halogens is 2. The van der Waals surface area contributed by atoms with Gasteiger partial charge in [0.2, 0.25) is 17.6 Å².